The number of ether oxygens (including phenoxy) is 2. The number of hydrogen-bond donors (Lipinski definition) is 0. The number of benzene rings is 2. The summed E-state index contributed by atoms with van der Waals surface area (Å²) in [6.07, 6.45) is -0.898. The lowest BCUT2D eigenvalue weighted by atomic mass is 10.1. The first kappa shape index (κ1) is 15.8. The monoisotopic (exact) mass is 324 g/mol. The van der Waals surface area contributed by atoms with Gasteiger partial charge in [-0.15, -0.1) is 0 Å². The van der Waals surface area contributed by atoms with Gasteiger partial charge in [0, 0.05) is 23.1 Å². The maximum atomic E-state index is 12.1. The number of carbonyl (C=O) groups is 1. The summed E-state index contributed by atoms with van der Waals surface area (Å²) in [6, 6.07) is 15.6. The predicted octanol–water partition coefficient (Wildman–Crippen LogP) is 3.39. The molecule has 5 heteroatoms. The van der Waals surface area contributed by atoms with Crippen molar-refractivity contribution < 1.29 is 18.7 Å². The minimum Gasteiger partial charge on any atom is -0.474 e. The number of esters is 1. The molecule has 3 rings (SSSR count). The maximum Gasteiger partial charge on any atom is 0.351 e. The molecular formula is C19H16O5. The van der Waals surface area contributed by atoms with Gasteiger partial charge in [-0.1, -0.05) is 30.3 Å². The van der Waals surface area contributed by atoms with Gasteiger partial charge in [0.05, 0.1) is 7.11 Å². The quantitative estimate of drug-likeness (QED) is 0.543. The Morgan fingerprint density at radius 3 is 2.54 bits per heavy atom. The van der Waals surface area contributed by atoms with Crippen molar-refractivity contribution in [2.45, 2.75) is 13.0 Å². The third kappa shape index (κ3) is 3.15. The largest absolute Gasteiger partial charge is 0.474 e. The predicted molar refractivity (Wildman–Crippen MR) is 89.0 cm³/mol. The molecule has 0 unspecified atom stereocenters. The molecule has 0 spiro atoms. The average molecular weight is 324 g/mol. The minimum absolute atomic E-state index is 0.411. The van der Waals surface area contributed by atoms with Gasteiger partial charge in [0.2, 0.25) is 6.10 Å². The van der Waals surface area contributed by atoms with Crippen LogP contribution in [0.15, 0.2) is 63.8 Å². The van der Waals surface area contributed by atoms with E-state index in [-0.39, 0.29) is 0 Å². The second kappa shape index (κ2) is 6.58. The zero-order valence-corrected chi connectivity index (χ0v) is 13.3. The lowest BCUT2D eigenvalue weighted by Crippen LogP contribution is -2.20. The molecule has 0 saturated carbocycles. The number of rotatable bonds is 4. The molecule has 0 saturated heterocycles. The fourth-order valence-corrected chi connectivity index (χ4v) is 2.50. The summed E-state index contributed by atoms with van der Waals surface area (Å²) in [5.41, 5.74) is 1.48. The van der Waals surface area contributed by atoms with E-state index in [2.05, 4.69) is 0 Å². The molecule has 1 heterocycles. The van der Waals surface area contributed by atoms with E-state index < -0.39 is 17.7 Å². The second-order valence-corrected chi connectivity index (χ2v) is 5.34. The molecule has 0 radical (unpaired) electrons. The van der Waals surface area contributed by atoms with E-state index in [1.807, 2.05) is 25.1 Å². The minimum atomic E-state index is -0.898. The molecule has 122 valence electrons. The maximum absolute atomic E-state index is 12.1. The van der Waals surface area contributed by atoms with E-state index in [0.717, 1.165) is 10.9 Å². The van der Waals surface area contributed by atoms with Crippen LogP contribution in [0.4, 0.5) is 0 Å². The summed E-state index contributed by atoms with van der Waals surface area (Å²) in [7, 11) is 1.31. The van der Waals surface area contributed by atoms with Gasteiger partial charge >= 0.3 is 11.6 Å². The first-order chi connectivity index (χ1) is 11.6. The first-order valence-electron chi connectivity index (χ1n) is 7.42. The van der Waals surface area contributed by atoms with Crippen LogP contribution in [0.1, 0.15) is 17.2 Å². The van der Waals surface area contributed by atoms with E-state index >= 15 is 0 Å². The van der Waals surface area contributed by atoms with Crippen LogP contribution in [0.25, 0.3) is 11.0 Å². The second-order valence-electron chi connectivity index (χ2n) is 5.34. The van der Waals surface area contributed by atoms with Crippen LogP contribution in [0, 0.1) is 6.92 Å². The third-order valence-electron chi connectivity index (χ3n) is 3.69. The van der Waals surface area contributed by atoms with Crippen molar-refractivity contribution in [1.82, 2.24) is 0 Å². The lowest BCUT2D eigenvalue weighted by Gasteiger charge is -2.17. The molecule has 1 aromatic heterocycles. The number of fused-ring (bicyclic) bond motifs is 1. The van der Waals surface area contributed by atoms with Crippen LogP contribution < -0.4 is 10.4 Å². The average Bonchev–Trinajstić information content (AvgIpc) is 2.59. The molecule has 0 fully saturated rings. The summed E-state index contributed by atoms with van der Waals surface area (Å²) in [5, 5.41) is 0.816. The van der Waals surface area contributed by atoms with Crippen molar-refractivity contribution in [3.8, 4) is 5.75 Å². The number of carbonyl (C=O) groups excluding carboxylic acids is 1. The van der Waals surface area contributed by atoms with Crippen LogP contribution in [0.3, 0.4) is 0 Å². The molecular weight excluding hydrogens is 308 g/mol. The Labute approximate surface area is 138 Å². The Morgan fingerprint density at radius 2 is 1.83 bits per heavy atom. The molecule has 5 nitrogen and oxygen atoms in total. The zero-order chi connectivity index (χ0) is 17.1. The summed E-state index contributed by atoms with van der Waals surface area (Å²) in [4.78, 5) is 23.6. The Morgan fingerprint density at radius 1 is 1.08 bits per heavy atom. The lowest BCUT2D eigenvalue weighted by molar-refractivity contribution is -0.149. The number of aryl methyl sites for hydroxylation is 1. The van der Waals surface area contributed by atoms with Gasteiger partial charge in [-0.05, 0) is 24.6 Å². The van der Waals surface area contributed by atoms with Crippen LogP contribution in [-0.4, -0.2) is 13.1 Å². The summed E-state index contributed by atoms with van der Waals surface area (Å²) < 4.78 is 15.8. The molecule has 24 heavy (non-hydrogen) atoms. The van der Waals surface area contributed by atoms with E-state index in [9.17, 15) is 9.59 Å². The Hall–Kier alpha value is -3.08. The van der Waals surface area contributed by atoms with Crippen molar-refractivity contribution in [2.75, 3.05) is 7.11 Å². The van der Waals surface area contributed by atoms with Crippen LogP contribution in [-0.2, 0) is 9.53 Å². The Kier molecular flexibility index (Phi) is 4.33. The van der Waals surface area contributed by atoms with Gasteiger partial charge in [-0.2, -0.15) is 0 Å². The molecule has 0 N–H and O–H groups in total. The smallest absolute Gasteiger partial charge is 0.351 e. The fourth-order valence-electron chi connectivity index (χ4n) is 2.50. The van der Waals surface area contributed by atoms with Crippen molar-refractivity contribution in [3.05, 3.63) is 76.1 Å². The van der Waals surface area contributed by atoms with Crippen LogP contribution in [0.5, 0.6) is 5.75 Å². The highest BCUT2D eigenvalue weighted by atomic mass is 16.6. The SMILES string of the molecule is COC(=O)[C@H](Oc1ccc2c(C)cc(=O)oc2c1)c1ccccc1. The van der Waals surface area contributed by atoms with Crippen molar-refractivity contribution >= 4 is 16.9 Å². The highest BCUT2D eigenvalue weighted by Gasteiger charge is 2.23. The third-order valence-corrected chi connectivity index (χ3v) is 3.69. The van der Waals surface area contributed by atoms with Gasteiger partial charge in [0.25, 0.3) is 0 Å². The van der Waals surface area contributed by atoms with Gasteiger partial charge < -0.3 is 13.9 Å². The van der Waals surface area contributed by atoms with Gasteiger partial charge in [0.15, 0.2) is 0 Å². The molecule has 0 aliphatic carbocycles. The van der Waals surface area contributed by atoms with Gasteiger partial charge in [-0.25, -0.2) is 9.59 Å². The standard InChI is InChI=1S/C19H16O5/c1-12-10-17(20)24-16-11-14(8-9-15(12)16)23-18(19(21)22-2)13-6-4-3-5-7-13/h3-11,18H,1-2H3/t18-/m1/s1. The van der Waals surface area contributed by atoms with Gasteiger partial charge in [-0.3, -0.25) is 0 Å². The van der Waals surface area contributed by atoms with Crippen LogP contribution in [0.2, 0.25) is 0 Å². The highest BCUT2D eigenvalue weighted by Crippen LogP contribution is 2.27. The molecule has 2 aromatic carbocycles. The Balaban J connectivity index is 1.99. The normalized spacial score (nSPS) is 11.9. The van der Waals surface area contributed by atoms with Crippen molar-refractivity contribution in [1.29, 1.82) is 0 Å². The van der Waals surface area contributed by atoms with Crippen molar-refractivity contribution in [3.63, 3.8) is 0 Å². The van der Waals surface area contributed by atoms with E-state index in [0.29, 0.717) is 16.9 Å². The summed E-state index contributed by atoms with van der Waals surface area (Å²) in [5.74, 6) is -0.0949. The topological polar surface area (TPSA) is 65.7 Å². The molecule has 0 amide bonds. The molecule has 0 bridgehead atoms. The number of methoxy groups -OCH3 is 1. The summed E-state index contributed by atoms with van der Waals surface area (Å²) >= 11 is 0. The number of hydrogen-bond acceptors (Lipinski definition) is 5. The molecule has 3 aromatic rings. The molecule has 1 atom stereocenters. The highest BCUT2D eigenvalue weighted by molar-refractivity contribution is 5.81. The van der Waals surface area contributed by atoms with E-state index in [1.54, 1.807) is 30.3 Å². The Bertz CT molecular complexity index is 927. The van der Waals surface area contributed by atoms with Crippen molar-refractivity contribution in [2.24, 2.45) is 0 Å². The zero-order valence-electron chi connectivity index (χ0n) is 13.3. The van der Waals surface area contributed by atoms with Crippen LogP contribution >= 0.6 is 0 Å². The first-order valence-corrected chi connectivity index (χ1v) is 7.42. The molecule has 0 aliphatic heterocycles. The van der Waals surface area contributed by atoms with Gasteiger partial charge in [0.1, 0.15) is 11.3 Å². The summed E-state index contributed by atoms with van der Waals surface area (Å²) in [6.45, 7) is 1.83. The van der Waals surface area contributed by atoms with E-state index in [1.165, 1.54) is 13.2 Å². The fraction of sp³-hybridized carbons (Fsp3) is 0.158. The molecule has 0 aliphatic rings. The van der Waals surface area contributed by atoms with E-state index in [4.69, 9.17) is 13.9 Å².